The van der Waals surface area contributed by atoms with Gasteiger partial charge in [0.2, 0.25) is 0 Å². The second-order valence-electron chi connectivity index (χ2n) is 5.54. The Morgan fingerprint density at radius 2 is 1.89 bits per heavy atom. The van der Waals surface area contributed by atoms with E-state index in [-0.39, 0.29) is 5.82 Å². The molecule has 1 atom stereocenters. The van der Waals surface area contributed by atoms with E-state index in [9.17, 15) is 4.39 Å². The lowest BCUT2D eigenvalue weighted by Crippen LogP contribution is -2.21. The molecule has 0 spiro atoms. The van der Waals surface area contributed by atoms with Crippen LogP contribution in [0.2, 0.25) is 0 Å². The monoisotopic (exact) mass is 251 g/mol. The summed E-state index contributed by atoms with van der Waals surface area (Å²) in [5, 5.41) is 3.22. The highest BCUT2D eigenvalue weighted by Gasteiger charge is 2.11. The standard InChI is InChI=1S/C16H26FN/c1-13(2)7-6-8-14(12-18-3)11-15-9-4-5-10-16(15)17/h4-5,9-10,13-14,18H,6-8,11-12H2,1-3H3. The molecular formula is C16H26FN. The van der Waals surface area contributed by atoms with Crippen molar-refractivity contribution >= 4 is 0 Å². The summed E-state index contributed by atoms with van der Waals surface area (Å²) in [6, 6.07) is 7.13. The zero-order chi connectivity index (χ0) is 13.4. The second-order valence-corrected chi connectivity index (χ2v) is 5.54. The largest absolute Gasteiger partial charge is 0.319 e. The summed E-state index contributed by atoms with van der Waals surface area (Å²) < 4.78 is 13.6. The fraction of sp³-hybridized carbons (Fsp3) is 0.625. The van der Waals surface area contributed by atoms with Gasteiger partial charge in [-0.1, -0.05) is 44.9 Å². The van der Waals surface area contributed by atoms with Crippen LogP contribution in [0, 0.1) is 17.7 Å². The highest BCUT2D eigenvalue weighted by atomic mass is 19.1. The molecule has 0 aliphatic carbocycles. The summed E-state index contributed by atoms with van der Waals surface area (Å²) >= 11 is 0. The first-order chi connectivity index (χ1) is 8.63. The lowest BCUT2D eigenvalue weighted by atomic mass is 9.92. The Labute approximate surface area is 111 Å². The van der Waals surface area contributed by atoms with Gasteiger partial charge in [0.05, 0.1) is 0 Å². The Kier molecular flexibility index (Phi) is 6.96. The zero-order valence-corrected chi connectivity index (χ0v) is 11.9. The summed E-state index contributed by atoms with van der Waals surface area (Å²) in [6.07, 6.45) is 4.51. The molecule has 0 saturated heterocycles. The first-order valence-corrected chi connectivity index (χ1v) is 7.01. The van der Waals surface area contributed by atoms with Crippen LogP contribution in [0.4, 0.5) is 4.39 Å². The van der Waals surface area contributed by atoms with E-state index in [1.54, 1.807) is 12.1 Å². The van der Waals surface area contributed by atoms with Crippen molar-refractivity contribution in [1.29, 1.82) is 0 Å². The van der Waals surface area contributed by atoms with Gasteiger partial charge in [0.25, 0.3) is 0 Å². The van der Waals surface area contributed by atoms with Gasteiger partial charge in [0, 0.05) is 0 Å². The van der Waals surface area contributed by atoms with Crippen LogP contribution in [0.15, 0.2) is 24.3 Å². The first-order valence-electron chi connectivity index (χ1n) is 7.01. The normalized spacial score (nSPS) is 12.9. The predicted molar refractivity (Wildman–Crippen MR) is 76.2 cm³/mol. The molecule has 0 radical (unpaired) electrons. The summed E-state index contributed by atoms with van der Waals surface area (Å²) in [5.41, 5.74) is 0.849. The molecule has 1 rings (SSSR count). The van der Waals surface area contributed by atoms with Crippen LogP contribution in [0.3, 0.4) is 0 Å². The van der Waals surface area contributed by atoms with E-state index in [1.165, 1.54) is 19.3 Å². The highest BCUT2D eigenvalue weighted by Crippen LogP contribution is 2.18. The molecule has 0 aromatic heterocycles. The van der Waals surface area contributed by atoms with E-state index in [0.717, 1.165) is 24.4 Å². The van der Waals surface area contributed by atoms with Gasteiger partial charge in [-0.3, -0.25) is 0 Å². The van der Waals surface area contributed by atoms with Crippen LogP contribution >= 0.6 is 0 Å². The number of rotatable bonds is 8. The number of benzene rings is 1. The van der Waals surface area contributed by atoms with E-state index in [0.29, 0.717) is 5.92 Å². The molecule has 0 amide bonds. The molecule has 1 nitrogen and oxygen atoms in total. The maximum Gasteiger partial charge on any atom is 0.126 e. The molecule has 1 aromatic rings. The third kappa shape index (κ3) is 5.63. The van der Waals surface area contributed by atoms with Crippen molar-refractivity contribution in [1.82, 2.24) is 5.32 Å². The summed E-state index contributed by atoms with van der Waals surface area (Å²) in [7, 11) is 1.97. The van der Waals surface area contributed by atoms with Crippen LogP contribution in [0.1, 0.15) is 38.7 Å². The second kappa shape index (κ2) is 8.25. The fourth-order valence-electron chi connectivity index (χ4n) is 2.35. The third-order valence-corrected chi connectivity index (χ3v) is 3.35. The van der Waals surface area contributed by atoms with E-state index in [2.05, 4.69) is 19.2 Å². The quantitative estimate of drug-likeness (QED) is 0.735. The van der Waals surface area contributed by atoms with Gasteiger partial charge < -0.3 is 5.32 Å². The summed E-state index contributed by atoms with van der Waals surface area (Å²) in [4.78, 5) is 0. The van der Waals surface area contributed by atoms with Crippen molar-refractivity contribution in [3.8, 4) is 0 Å². The Hall–Kier alpha value is -0.890. The number of hydrogen-bond acceptors (Lipinski definition) is 1. The smallest absolute Gasteiger partial charge is 0.126 e. The molecule has 1 unspecified atom stereocenters. The minimum atomic E-state index is -0.0672. The van der Waals surface area contributed by atoms with Crippen molar-refractivity contribution in [2.75, 3.05) is 13.6 Å². The Bertz CT molecular complexity index is 336. The van der Waals surface area contributed by atoms with E-state index in [1.807, 2.05) is 19.2 Å². The number of halogens is 1. The van der Waals surface area contributed by atoms with Gasteiger partial charge in [-0.2, -0.15) is 0 Å². The molecule has 2 heteroatoms. The molecule has 0 aliphatic rings. The van der Waals surface area contributed by atoms with Crippen LogP contribution in [-0.2, 0) is 6.42 Å². The molecular weight excluding hydrogens is 225 g/mol. The maximum absolute atomic E-state index is 13.6. The van der Waals surface area contributed by atoms with E-state index < -0.39 is 0 Å². The SMILES string of the molecule is CNCC(CCCC(C)C)Cc1ccccc1F. The highest BCUT2D eigenvalue weighted by molar-refractivity contribution is 5.17. The molecule has 1 aromatic carbocycles. The van der Waals surface area contributed by atoms with E-state index >= 15 is 0 Å². The molecule has 0 heterocycles. The maximum atomic E-state index is 13.6. The number of hydrogen-bond donors (Lipinski definition) is 1. The lowest BCUT2D eigenvalue weighted by molar-refractivity contribution is 0.412. The van der Waals surface area contributed by atoms with Crippen LogP contribution in [0.25, 0.3) is 0 Å². The minimum Gasteiger partial charge on any atom is -0.319 e. The molecule has 0 fully saturated rings. The molecule has 102 valence electrons. The van der Waals surface area contributed by atoms with Crippen LogP contribution in [-0.4, -0.2) is 13.6 Å². The van der Waals surface area contributed by atoms with Gasteiger partial charge in [0.1, 0.15) is 5.82 Å². The predicted octanol–water partition coefficient (Wildman–Crippen LogP) is 4.03. The Morgan fingerprint density at radius 3 is 2.50 bits per heavy atom. The molecule has 0 aliphatic heterocycles. The summed E-state index contributed by atoms with van der Waals surface area (Å²) in [5.74, 6) is 1.22. The number of nitrogens with one attached hydrogen (secondary N) is 1. The third-order valence-electron chi connectivity index (χ3n) is 3.35. The molecule has 0 saturated carbocycles. The first kappa shape index (κ1) is 15.2. The van der Waals surface area contributed by atoms with Crippen LogP contribution in [0.5, 0.6) is 0 Å². The van der Waals surface area contributed by atoms with Crippen molar-refractivity contribution < 1.29 is 4.39 Å². The van der Waals surface area contributed by atoms with Crippen molar-refractivity contribution in [3.63, 3.8) is 0 Å². The summed E-state index contributed by atoms with van der Waals surface area (Å²) in [6.45, 7) is 5.47. The van der Waals surface area contributed by atoms with Gasteiger partial charge in [-0.05, 0) is 49.9 Å². The van der Waals surface area contributed by atoms with Crippen molar-refractivity contribution in [2.24, 2.45) is 11.8 Å². The Morgan fingerprint density at radius 1 is 1.17 bits per heavy atom. The topological polar surface area (TPSA) is 12.0 Å². The molecule has 0 bridgehead atoms. The van der Waals surface area contributed by atoms with Gasteiger partial charge in [-0.25, -0.2) is 4.39 Å². The van der Waals surface area contributed by atoms with Gasteiger partial charge >= 0.3 is 0 Å². The average Bonchev–Trinajstić information content (AvgIpc) is 2.32. The fourth-order valence-corrected chi connectivity index (χ4v) is 2.35. The minimum absolute atomic E-state index is 0.0672. The van der Waals surface area contributed by atoms with Crippen LogP contribution < -0.4 is 5.32 Å². The van der Waals surface area contributed by atoms with Crippen molar-refractivity contribution in [3.05, 3.63) is 35.6 Å². The lowest BCUT2D eigenvalue weighted by Gasteiger charge is -2.17. The Balaban J connectivity index is 2.49. The molecule has 1 N–H and O–H groups in total. The van der Waals surface area contributed by atoms with Gasteiger partial charge in [-0.15, -0.1) is 0 Å². The average molecular weight is 251 g/mol. The van der Waals surface area contributed by atoms with Gasteiger partial charge in [0.15, 0.2) is 0 Å². The van der Waals surface area contributed by atoms with E-state index in [4.69, 9.17) is 0 Å². The molecule has 18 heavy (non-hydrogen) atoms. The van der Waals surface area contributed by atoms with Crippen molar-refractivity contribution in [2.45, 2.75) is 39.5 Å². The zero-order valence-electron chi connectivity index (χ0n) is 11.9.